The van der Waals surface area contributed by atoms with Gasteiger partial charge in [-0.25, -0.2) is 4.98 Å². The number of hydrogen-bond donors (Lipinski definition) is 0. The van der Waals surface area contributed by atoms with Gasteiger partial charge in [-0.05, 0) is 48.4 Å². The first-order valence-electron chi connectivity index (χ1n) is 5.05. The fourth-order valence-corrected chi connectivity index (χ4v) is 2.13. The van der Waals surface area contributed by atoms with Crippen LogP contribution in [0.3, 0.4) is 0 Å². The van der Waals surface area contributed by atoms with Crippen molar-refractivity contribution in [2.24, 2.45) is 0 Å². The van der Waals surface area contributed by atoms with Crippen molar-refractivity contribution in [1.29, 1.82) is 0 Å². The number of fused-ring (bicyclic) bond motifs is 1. The third-order valence-corrected chi connectivity index (χ3v) is 3.03. The maximum atomic E-state index is 6.10. The lowest BCUT2D eigenvalue weighted by Crippen LogP contribution is -1.87. The summed E-state index contributed by atoms with van der Waals surface area (Å²) in [4.78, 5) is 4.29. The summed E-state index contributed by atoms with van der Waals surface area (Å²) in [5.41, 5.74) is 1.98. The van der Waals surface area contributed by atoms with E-state index in [4.69, 9.17) is 27.6 Å². The zero-order valence-corrected chi connectivity index (χ0v) is 10.5. The maximum absolute atomic E-state index is 6.10. The van der Waals surface area contributed by atoms with E-state index < -0.39 is 0 Å². The van der Waals surface area contributed by atoms with Crippen LogP contribution in [0.15, 0.2) is 34.9 Å². The van der Waals surface area contributed by atoms with E-state index in [9.17, 15) is 0 Å². The number of halogens is 2. The van der Waals surface area contributed by atoms with E-state index in [1.54, 1.807) is 12.1 Å². The predicted octanol–water partition coefficient (Wildman–Crippen LogP) is 4.21. The Kier molecular flexibility index (Phi) is 2.38. The summed E-state index contributed by atoms with van der Waals surface area (Å²) in [7, 11) is 0. The Hall–Kier alpha value is -1.45. The third-order valence-electron chi connectivity index (χ3n) is 2.55. The summed E-state index contributed by atoms with van der Waals surface area (Å²) in [5, 5.41) is 0.788. The van der Waals surface area contributed by atoms with Gasteiger partial charge in [0.2, 0.25) is 0 Å². The van der Waals surface area contributed by atoms with Crippen molar-refractivity contribution >= 4 is 28.7 Å². The molecule has 0 saturated heterocycles. The molecule has 0 fully saturated rings. The van der Waals surface area contributed by atoms with Crippen molar-refractivity contribution in [3.05, 3.63) is 46.4 Å². The lowest BCUT2D eigenvalue weighted by Gasteiger charge is -1.98. The zero-order chi connectivity index (χ0) is 12.0. The number of aryl methyl sites for hydroxylation is 1. The Balaban J connectivity index is 2.31. The molecule has 3 heterocycles. The van der Waals surface area contributed by atoms with E-state index in [0.717, 1.165) is 11.1 Å². The van der Waals surface area contributed by atoms with Crippen LogP contribution in [0.1, 0.15) is 5.56 Å². The highest BCUT2D eigenvalue weighted by atomic mass is 35.5. The molecule has 3 rings (SSSR count). The molecule has 3 aromatic rings. The van der Waals surface area contributed by atoms with E-state index in [0.29, 0.717) is 22.0 Å². The lowest BCUT2D eigenvalue weighted by atomic mass is 10.3. The highest BCUT2D eigenvalue weighted by molar-refractivity contribution is 6.33. The number of pyridine rings is 1. The molecule has 0 aliphatic carbocycles. The van der Waals surface area contributed by atoms with E-state index in [1.807, 2.05) is 29.7 Å². The molecular formula is C12H8Cl2N2O. The van der Waals surface area contributed by atoms with Crippen molar-refractivity contribution in [3.63, 3.8) is 0 Å². The molecule has 0 spiro atoms. The SMILES string of the molecule is Cc1ccn2c(-c3ccc(Cl)o3)nc(Cl)c2c1. The van der Waals surface area contributed by atoms with Crippen molar-refractivity contribution in [3.8, 4) is 11.6 Å². The van der Waals surface area contributed by atoms with E-state index in [-0.39, 0.29) is 0 Å². The van der Waals surface area contributed by atoms with Gasteiger partial charge < -0.3 is 4.42 Å². The summed E-state index contributed by atoms with van der Waals surface area (Å²) in [6, 6.07) is 7.41. The standard InChI is InChI=1S/C12H8Cl2N2O/c1-7-4-5-16-8(6-7)11(14)15-12(16)9-2-3-10(13)17-9/h2-6H,1H3. The van der Waals surface area contributed by atoms with Crippen LogP contribution in [0.2, 0.25) is 10.4 Å². The topological polar surface area (TPSA) is 30.4 Å². The second-order valence-electron chi connectivity index (χ2n) is 3.79. The molecule has 3 aromatic heterocycles. The van der Waals surface area contributed by atoms with Crippen molar-refractivity contribution in [1.82, 2.24) is 9.38 Å². The quantitative estimate of drug-likeness (QED) is 0.661. The van der Waals surface area contributed by atoms with Gasteiger partial charge in [-0.2, -0.15) is 0 Å². The van der Waals surface area contributed by atoms with Crippen LogP contribution in [-0.4, -0.2) is 9.38 Å². The fraction of sp³-hybridized carbons (Fsp3) is 0.0833. The van der Waals surface area contributed by atoms with Gasteiger partial charge in [0.1, 0.15) is 0 Å². The minimum absolute atomic E-state index is 0.333. The summed E-state index contributed by atoms with van der Waals surface area (Å²) in [6.07, 6.45) is 1.91. The molecule has 0 aromatic carbocycles. The lowest BCUT2D eigenvalue weighted by molar-refractivity contribution is 0.579. The van der Waals surface area contributed by atoms with E-state index in [1.165, 1.54) is 0 Å². The van der Waals surface area contributed by atoms with Gasteiger partial charge in [0.05, 0.1) is 5.52 Å². The Morgan fingerprint density at radius 1 is 1.24 bits per heavy atom. The Morgan fingerprint density at radius 3 is 2.76 bits per heavy atom. The molecule has 5 heteroatoms. The molecule has 0 atom stereocenters. The summed E-state index contributed by atoms with van der Waals surface area (Å²) in [5.74, 6) is 1.25. The minimum Gasteiger partial charge on any atom is -0.441 e. The van der Waals surface area contributed by atoms with Crippen molar-refractivity contribution in [2.75, 3.05) is 0 Å². The summed E-state index contributed by atoms with van der Waals surface area (Å²) in [6.45, 7) is 2.01. The number of rotatable bonds is 1. The van der Waals surface area contributed by atoms with Gasteiger partial charge in [-0.1, -0.05) is 11.6 Å². The molecular weight excluding hydrogens is 259 g/mol. The van der Waals surface area contributed by atoms with Crippen LogP contribution in [0.25, 0.3) is 17.1 Å². The highest BCUT2D eigenvalue weighted by Gasteiger charge is 2.14. The molecule has 17 heavy (non-hydrogen) atoms. The molecule has 0 amide bonds. The maximum Gasteiger partial charge on any atom is 0.194 e. The van der Waals surface area contributed by atoms with E-state index >= 15 is 0 Å². The number of furan rings is 1. The number of imidazole rings is 1. The van der Waals surface area contributed by atoms with Gasteiger partial charge in [-0.3, -0.25) is 4.40 Å². The predicted molar refractivity (Wildman–Crippen MR) is 67.7 cm³/mol. The van der Waals surface area contributed by atoms with Crippen molar-refractivity contribution in [2.45, 2.75) is 6.92 Å². The van der Waals surface area contributed by atoms with E-state index in [2.05, 4.69) is 4.98 Å². The molecule has 0 N–H and O–H groups in total. The van der Waals surface area contributed by atoms with Crippen LogP contribution in [0, 0.1) is 6.92 Å². The minimum atomic E-state index is 0.333. The summed E-state index contributed by atoms with van der Waals surface area (Å²) >= 11 is 11.9. The molecule has 0 radical (unpaired) electrons. The first kappa shape index (κ1) is 10.7. The average Bonchev–Trinajstić information content (AvgIpc) is 2.84. The molecule has 0 bridgehead atoms. The Bertz CT molecular complexity index is 700. The van der Waals surface area contributed by atoms with Crippen LogP contribution >= 0.6 is 23.2 Å². The fourth-order valence-electron chi connectivity index (χ4n) is 1.76. The molecule has 0 unspecified atom stereocenters. The normalized spacial score (nSPS) is 11.2. The Labute approximate surface area is 108 Å². The summed E-state index contributed by atoms with van der Waals surface area (Å²) < 4.78 is 7.22. The number of aromatic nitrogens is 2. The first-order valence-corrected chi connectivity index (χ1v) is 5.80. The van der Waals surface area contributed by atoms with Gasteiger partial charge in [0, 0.05) is 6.20 Å². The zero-order valence-electron chi connectivity index (χ0n) is 8.95. The molecule has 0 aliphatic rings. The van der Waals surface area contributed by atoms with Gasteiger partial charge in [0.15, 0.2) is 22.0 Å². The molecule has 0 saturated carbocycles. The van der Waals surface area contributed by atoms with Gasteiger partial charge >= 0.3 is 0 Å². The Morgan fingerprint density at radius 2 is 2.06 bits per heavy atom. The largest absolute Gasteiger partial charge is 0.441 e. The van der Waals surface area contributed by atoms with Gasteiger partial charge in [-0.15, -0.1) is 0 Å². The number of nitrogens with zero attached hydrogens (tertiary/aromatic N) is 2. The monoisotopic (exact) mass is 266 g/mol. The average molecular weight is 267 g/mol. The van der Waals surface area contributed by atoms with Crippen molar-refractivity contribution < 1.29 is 4.42 Å². The third kappa shape index (κ3) is 1.72. The molecule has 3 nitrogen and oxygen atoms in total. The van der Waals surface area contributed by atoms with Crippen LogP contribution < -0.4 is 0 Å². The van der Waals surface area contributed by atoms with Crippen LogP contribution in [0.5, 0.6) is 0 Å². The highest BCUT2D eigenvalue weighted by Crippen LogP contribution is 2.28. The molecule has 86 valence electrons. The first-order chi connectivity index (χ1) is 8.15. The second-order valence-corrected chi connectivity index (χ2v) is 4.52. The van der Waals surface area contributed by atoms with Crippen LogP contribution in [0.4, 0.5) is 0 Å². The second kappa shape index (κ2) is 3.79. The number of hydrogen-bond acceptors (Lipinski definition) is 2. The van der Waals surface area contributed by atoms with Gasteiger partial charge in [0.25, 0.3) is 0 Å². The van der Waals surface area contributed by atoms with Crippen LogP contribution in [-0.2, 0) is 0 Å². The molecule has 0 aliphatic heterocycles. The smallest absolute Gasteiger partial charge is 0.194 e.